The van der Waals surface area contributed by atoms with E-state index in [1.54, 1.807) is 13.2 Å². The highest BCUT2D eigenvalue weighted by Crippen LogP contribution is 2.23. The Hall–Kier alpha value is -1.85. The van der Waals surface area contributed by atoms with E-state index >= 15 is 0 Å². The van der Waals surface area contributed by atoms with Crippen LogP contribution in [0.15, 0.2) is 41.3 Å². The molecule has 0 aliphatic heterocycles. The lowest BCUT2D eigenvalue weighted by molar-refractivity contribution is 0.688. The van der Waals surface area contributed by atoms with Crippen LogP contribution in [0, 0.1) is 0 Å². The third-order valence-corrected chi connectivity index (χ3v) is 3.60. The average molecular weight is 307 g/mol. The van der Waals surface area contributed by atoms with Gasteiger partial charge in [-0.2, -0.15) is 5.10 Å². The van der Waals surface area contributed by atoms with E-state index < -0.39 is 0 Å². The monoisotopic (exact) mass is 306 g/mol. The predicted molar refractivity (Wildman–Crippen MR) is 85.7 cm³/mol. The highest BCUT2D eigenvalue weighted by molar-refractivity contribution is 6.33. The van der Waals surface area contributed by atoms with E-state index in [0.29, 0.717) is 18.8 Å². The fourth-order valence-corrected chi connectivity index (χ4v) is 2.38. The second kappa shape index (κ2) is 7.24. The summed E-state index contributed by atoms with van der Waals surface area (Å²) >= 11 is 6.19. The second-order valence-corrected chi connectivity index (χ2v) is 5.20. The summed E-state index contributed by atoms with van der Waals surface area (Å²) in [5, 5.41) is 4.25. The van der Waals surface area contributed by atoms with E-state index in [1.807, 2.05) is 35.2 Å². The van der Waals surface area contributed by atoms with E-state index in [1.165, 1.54) is 4.68 Å². The highest BCUT2D eigenvalue weighted by atomic mass is 35.5. The molecule has 21 heavy (non-hydrogen) atoms. The van der Waals surface area contributed by atoms with Crippen LogP contribution in [0.3, 0.4) is 0 Å². The maximum Gasteiger partial charge on any atom is 0.287 e. The molecule has 1 aromatic carbocycles. The first-order valence-corrected chi connectivity index (χ1v) is 7.22. The van der Waals surface area contributed by atoms with E-state index in [-0.39, 0.29) is 10.6 Å². The van der Waals surface area contributed by atoms with Crippen LogP contribution in [-0.4, -0.2) is 22.9 Å². The minimum atomic E-state index is -0.292. The van der Waals surface area contributed by atoms with Crippen LogP contribution < -0.4 is 16.2 Å². The Morgan fingerprint density at radius 2 is 2.05 bits per heavy atom. The molecule has 0 amide bonds. The van der Waals surface area contributed by atoms with Crippen LogP contribution >= 0.6 is 11.6 Å². The van der Waals surface area contributed by atoms with Gasteiger partial charge in [0.2, 0.25) is 0 Å². The molecule has 0 unspecified atom stereocenters. The molecule has 0 aliphatic carbocycles. The molecule has 0 aliphatic rings. The lowest BCUT2D eigenvalue weighted by Gasteiger charge is -2.25. The van der Waals surface area contributed by atoms with Gasteiger partial charge in [-0.05, 0) is 18.5 Å². The van der Waals surface area contributed by atoms with Crippen LogP contribution in [0.25, 0.3) is 0 Å². The van der Waals surface area contributed by atoms with Crippen molar-refractivity contribution >= 4 is 17.3 Å². The van der Waals surface area contributed by atoms with Crippen molar-refractivity contribution in [3.8, 4) is 0 Å². The average Bonchev–Trinajstić information content (AvgIpc) is 2.51. The normalized spacial score (nSPS) is 10.6. The Balaban J connectivity index is 2.32. The molecule has 0 spiro atoms. The first kappa shape index (κ1) is 15.5. The second-order valence-electron chi connectivity index (χ2n) is 4.82. The summed E-state index contributed by atoms with van der Waals surface area (Å²) in [6, 6.07) is 10.0. The molecule has 5 nitrogen and oxygen atoms in total. The first-order chi connectivity index (χ1) is 10.1. The van der Waals surface area contributed by atoms with Gasteiger partial charge in [0.05, 0.1) is 11.9 Å². The Morgan fingerprint density at radius 1 is 1.33 bits per heavy atom. The molecule has 1 heterocycles. The molecule has 1 aromatic heterocycles. The molecule has 0 atom stereocenters. The van der Waals surface area contributed by atoms with Gasteiger partial charge in [-0.25, -0.2) is 4.68 Å². The van der Waals surface area contributed by atoms with Gasteiger partial charge in [-0.15, -0.1) is 0 Å². The number of nitrogens with two attached hydrogens (primary N) is 1. The van der Waals surface area contributed by atoms with Crippen molar-refractivity contribution in [2.75, 3.05) is 18.0 Å². The molecule has 2 N–H and O–H groups in total. The summed E-state index contributed by atoms with van der Waals surface area (Å²) in [6.45, 7) is 1.97. The van der Waals surface area contributed by atoms with Crippen LogP contribution in [-0.2, 0) is 13.6 Å². The Kier molecular flexibility index (Phi) is 5.36. The molecule has 0 saturated carbocycles. The minimum Gasteiger partial charge on any atom is -0.364 e. The van der Waals surface area contributed by atoms with E-state index in [4.69, 9.17) is 17.3 Å². The molecular weight excluding hydrogens is 288 g/mol. The van der Waals surface area contributed by atoms with Crippen molar-refractivity contribution in [2.45, 2.75) is 13.0 Å². The van der Waals surface area contributed by atoms with Gasteiger partial charge in [-0.3, -0.25) is 4.79 Å². The Labute approximate surface area is 128 Å². The zero-order chi connectivity index (χ0) is 15.2. The van der Waals surface area contributed by atoms with Gasteiger partial charge in [0.15, 0.2) is 0 Å². The number of aromatic nitrogens is 2. The van der Waals surface area contributed by atoms with Crippen LogP contribution in [0.1, 0.15) is 12.0 Å². The quantitative estimate of drug-likeness (QED) is 0.884. The molecule has 0 fully saturated rings. The van der Waals surface area contributed by atoms with Crippen molar-refractivity contribution in [3.63, 3.8) is 0 Å². The van der Waals surface area contributed by atoms with Crippen molar-refractivity contribution in [2.24, 2.45) is 12.8 Å². The number of anilines is 1. The number of hydrogen-bond donors (Lipinski definition) is 1. The summed E-state index contributed by atoms with van der Waals surface area (Å²) < 4.78 is 1.23. The van der Waals surface area contributed by atoms with E-state index in [9.17, 15) is 4.79 Å². The fraction of sp³-hybridized carbons (Fsp3) is 0.333. The lowest BCUT2D eigenvalue weighted by Crippen LogP contribution is -2.29. The first-order valence-electron chi connectivity index (χ1n) is 6.84. The van der Waals surface area contributed by atoms with E-state index in [2.05, 4.69) is 5.10 Å². The molecule has 2 aromatic rings. The third-order valence-electron chi connectivity index (χ3n) is 3.25. The number of nitrogens with zero attached hydrogens (tertiary/aromatic N) is 3. The summed E-state index contributed by atoms with van der Waals surface area (Å²) in [4.78, 5) is 14.0. The molecule has 112 valence electrons. The largest absolute Gasteiger partial charge is 0.364 e. The number of hydrogen-bond acceptors (Lipinski definition) is 4. The van der Waals surface area contributed by atoms with Crippen molar-refractivity contribution in [1.82, 2.24) is 9.78 Å². The van der Waals surface area contributed by atoms with Gasteiger partial charge >= 0.3 is 0 Å². The van der Waals surface area contributed by atoms with Crippen molar-refractivity contribution < 1.29 is 0 Å². The number of aryl methyl sites for hydroxylation is 1. The third kappa shape index (κ3) is 3.83. The maximum atomic E-state index is 11.9. The smallest absolute Gasteiger partial charge is 0.287 e. The number of halogens is 1. The topological polar surface area (TPSA) is 64.2 Å². The van der Waals surface area contributed by atoms with Gasteiger partial charge in [0, 0.05) is 20.1 Å². The highest BCUT2D eigenvalue weighted by Gasteiger charge is 2.14. The van der Waals surface area contributed by atoms with Crippen LogP contribution in [0.5, 0.6) is 0 Å². The molecular formula is C15H19ClN4O. The van der Waals surface area contributed by atoms with Gasteiger partial charge in [0.25, 0.3) is 5.56 Å². The Morgan fingerprint density at radius 3 is 2.71 bits per heavy atom. The Bertz CT molecular complexity index is 642. The number of benzene rings is 1. The zero-order valence-corrected chi connectivity index (χ0v) is 12.8. The molecule has 6 heteroatoms. The summed E-state index contributed by atoms with van der Waals surface area (Å²) in [6.07, 6.45) is 2.45. The van der Waals surface area contributed by atoms with Crippen LogP contribution in [0.4, 0.5) is 5.69 Å². The standard InChI is InChI=1S/C15H19ClN4O/c1-19-15(21)14(16)13(10-18-19)20(9-5-8-17)11-12-6-3-2-4-7-12/h2-4,6-7,10H,5,8-9,11,17H2,1H3. The molecule has 0 bridgehead atoms. The van der Waals surface area contributed by atoms with Crippen molar-refractivity contribution in [1.29, 1.82) is 0 Å². The van der Waals surface area contributed by atoms with E-state index in [0.717, 1.165) is 18.5 Å². The maximum absolute atomic E-state index is 11.9. The lowest BCUT2D eigenvalue weighted by atomic mass is 10.2. The fourth-order valence-electron chi connectivity index (χ4n) is 2.09. The SMILES string of the molecule is Cn1ncc(N(CCCN)Cc2ccccc2)c(Cl)c1=O. The summed E-state index contributed by atoms with van der Waals surface area (Å²) in [5.41, 5.74) is 7.10. The molecule has 0 radical (unpaired) electrons. The number of rotatable bonds is 6. The van der Waals surface area contributed by atoms with Gasteiger partial charge < -0.3 is 10.6 Å². The van der Waals surface area contributed by atoms with Crippen molar-refractivity contribution in [3.05, 3.63) is 57.5 Å². The molecule has 0 saturated heterocycles. The predicted octanol–water partition coefficient (Wildman–Crippen LogP) is 1.79. The summed E-state index contributed by atoms with van der Waals surface area (Å²) in [7, 11) is 1.58. The van der Waals surface area contributed by atoms with Gasteiger partial charge in [0.1, 0.15) is 5.02 Å². The van der Waals surface area contributed by atoms with Crippen LogP contribution in [0.2, 0.25) is 5.02 Å². The summed E-state index contributed by atoms with van der Waals surface area (Å²) in [5.74, 6) is 0. The van der Waals surface area contributed by atoms with Gasteiger partial charge in [-0.1, -0.05) is 41.9 Å². The zero-order valence-electron chi connectivity index (χ0n) is 12.0. The minimum absolute atomic E-state index is 0.195. The molecule has 2 rings (SSSR count).